The predicted molar refractivity (Wildman–Crippen MR) is 74.3 cm³/mol. The van der Waals surface area contributed by atoms with Crippen LogP contribution in [0.15, 0.2) is 0 Å². The third kappa shape index (κ3) is 3.29. The van der Waals surface area contributed by atoms with Gasteiger partial charge in [-0.15, -0.1) is 12.4 Å². The second-order valence-corrected chi connectivity index (χ2v) is 6.24. The second-order valence-electron chi connectivity index (χ2n) is 6.24. The molecule has 0 aromatic rings. The first kappa shape index (κ1) is 15.6. The van der Waals surface area contributed by atoms with Crippen molar-refractivity contribution in [1.29, 1.82) is 0 Å². The van der Waals surface area contributed by atoms with E-state index in [1.54, 1.807) is 0 Å². The fourth-order valence-corrected chi connectivity index (χ4v) is 2.94. The highest BCUT2D eigenvalue weighted by atomic mass is 35.5. The van der Waals surface area contributed by atoms with Crippen LogP contribution in [0.4, 0.5) is 4.79 Å². The number of likely N-dealkylation sites (tertiary alicyclic amines) is 1. The summed E-state index contributed by atoms with van der Waals surface area (Å²) >= 11 is 0. The van der Waals surface area contributed by atoms with Gasteiger partial charge in [0.2, 0.25) is 0 Å². The largest absolute Gasteiger partial charge is 0.444 e. The molecular weight excluding hydrogens is 252 g/mol. The number of nitrogens with one attached hydrogen (secondary N) is 1. The van der Waals surface area contributed by atoms with Gasteiger partial charge < -0.3 is 15.0 Å². The Morgan fingerprint density at radius 1 is 1.28 bits per heavy atom. The number of hydrogen-bond donors (Lipinski definition) is 1. The Hall–Kier alpha value is -0.480. The predicted octanol–water partition coefficient (Wildman–Crippen LogP) is 2.56. The molecule has 1 atom stereocenters. The number of carbonyl (C=O) groups is 1. The molecule has 2 aliphatic rings. The molecule has 1 N–H and O–H groups in total. The van der Waals surface area contributed by atoms with Crippen LogP contribution in [0.1, 0.15) is 46.5 Å². The van der Waals surface area contributed by atoms with E-state index in [-0.39, 0.29) is 24.0 Å². The van der Waals surface area contributed by atoms with Crippen LogP contribution in [0, 0.1) is 0 Å². The lowest BCUT2D eigenvalue weighted by molar-refractivity contribution is 0.00335. The highest BCUT2D eigenvalue weighted by Gasteiger charge is 2.45. The van der Waals surface area contributed by atoms with Crippen molar-refractivity contribution < 1.29 is 9.53 Å². The lowest BCUT2D eigenvalue weighted by Gasteiger charge is -2.42. The number of piperidine rings is 1. The summed E-state index contributed by atoms with van der Waals surface area (Å²) in [6.07, 6.45) is 4.33. The average molecular weight is 277 g/mol. The third-order valence-corrected chi connectivity index (χ3v) is 3.66. The van der Waals surface area contributed by atoms with Crippen LogP contribution >= 0.6 is 12.4 Å². The first-order valence-electron chi connectivity index (χ1n) is 6.64. The van der Waals surface area contributed by atoms with Gasteiger partial charge in [0, 0.05) is 13.1 Å². The summed E-state index contributed by atoms with van der Waals surface area (Å²) in [5, 5.41) is 3.42. The van der Waals surface area contributed by atoms with Crippen LogP contribution in [0.5, 0.6) is 0 Å². The van der Waals surface area contributed by atoms with Crippen LogP contribution in [0.25, 0.3) is 0 Å². The maximum Gasteiger partial charge on any atom is 0.410 e. The Morgan fingerprint density at radius 3 is 2.50 bits per heavy atom. The normalized spacial score (nSPS) is 28.1. The fraction of sp³-hybridized carbons (Fsp3) is 0.923. The minimum Gasteiger partial charge on any atom is -0.444 e. The average Bonchev–Trinajstić information content (AvgIpc) is 2.60. The quantitative estimate of drug-likeness (QED) is 0.739. The highest BCUT2D eigenvalue weighted by Crippen LogP contribution is 2.35. The summed E-state index contributed by atoms with van der Waals surface area (Å²) in [5.74, 6) is 0. The molecular formula is C13H25ClN2O2. The molecule has 4 nitrogen and oxygen atoms in total. The van der Waals surface area contributed by atoms with E-state index in [0.717, 1.165) is 45.3 Å². The Labute approximate surface area is 116 Å². The minimum absolute atomic E-state index is 0. The molecule has 0 bridgehead atoms. The van der Waals surface area contributed by atoms with E-state index in [1.165, 1.54) is 0 Å². The molecule has 18 heavy (non-hydrogen) atoms. The van der Waals surface area contributed by atoms with Crippen molar-refractivity contribution in [3.05, 3.63) is 0 Å². The molecule has 0 saturated carbocycles. The van der Waals surface area contributed by atoms with Gasteiger partial charge in [0.25, 0.3) is 0 Å². The van der Waals surface area contributed by atoms with Crippen molar-refractivity contribution >= 4 is 18.5 Å². The fourth-order valence-electron chi connectivity index (χ4n) is 2.94. The first-order valence-corrected chi connectivity index (χ1v) is 6.64. The number of rotatable bonds is 0. The van der Waals surface area contributed by atoms with Gasteiger partial charge in [-0.05, 0) is 53.0 Å². The first-order chi connectivity index (χ1) is 7.93. The zero-order chi connectivity index (χ0) is 12.5. The van der Waals surface area contributed by atoms with E-state index in [0.29, 0.717) is 0 Å². The summed E-state index contributed by atoms with van der Waals surface area (Å²) in [6, 6.07) is 0. The van der Waals surface area contributed by atoms with Crippen molar-refractivity contribution in [2.24, 2.45) is 0 Å². The Balaban J connectivity index is 0.00000162. The van der Waals surface area contributed by atoms with Crippen LogP contribution in [0.2, 0.25) is 0 Å². The van der Waals surface area contributed by atoms with Gasteiger partial charge in [0.05, 0.1) is 5.54 Å². The van der Waals surface area contributed by atoms with E-state index in [4.69, 9.17) is 4.74 Å². The maximum absolute atomic E-state index is 12.2. The van der Waals surface area contributed by atoms with Gasteiger partial charge in [-0.2, -0.15) is 0 Å². The van der Waals surface area contributed by atoms with E-state index in [1.807, 2.05) is 25.7 Å². The molecule has 5 heteroatoms. The maximum atomic E-state index is 12.2. The summed E-state index contributed by atoms with van der Waals surface area (Å²) in [4.78, 5) is 14.2. The van der Waals surface area contributed by atoms with Crippen molar-refractivity contribution in [3.8, 4) is 0 Å². The molecule has 1 unspecified atom stereocenters. The lowest BCUT2D eigenvalue weighted by atomic mass is 9.88. The molecule has 2 heterocycles. The summed E-state index contributed by atoms with van der Waals surface area (Å²) in [7, 11) is 0. The zero-order valence-electron chi connectivity index (χ0n) is 11.6. The van der Waals surface area contributed by atoms with Crippen molar-refractivity contribution in [1.82, 2.24) is 10.2 Å². The number of nitrogens with zero attached hydrogens (tertiary/aromatic N) is 1. The third-order valence-electron chi connectivity index (χ3n) is 3.66. The van der Waals surface area contributed by atoms with Gasteiger partial charge in [-0.25, -0.2) is 4.79 Å². The van der Waals surface area contributed by atoms with Crippen LogP contribution in [-0.2, 0) is 4.74 Å². The molecule has 1 spiro atoms. The molecule has 2 aliphatic heterocycles. The number of halogens is 1. The SMILES string of the molecule is CC(C)(C)OC(=O)N1CCCC12CCCNC2.Cl. The van der Waals surface area contributed by atoms with Crippen molar-refractivity contribution in [2.45, 2.75) is 57.6 Å². The van der Waals surface area contributed by atoms with E-state index in [9.17, 15) is 4.79 Å². The van der Waals surface area contributed by atoms with E-state index >= 15 is 0 Å². The topological polar surface area (TPSA) is 41.6 Å². The molecule has 2 rings (SSSR count). The molecule has 0 aliphatic carbocycles. The number of amides is 1. The molecule has 2 saturated heterocycles. The van der Waals surface area contributed by atoms with Gasteiger partial charge in [0.1, 0.15) is 5.60 Å². The molecule has 2 fully saturated rings. The van der Waals surface area contributed by atoms with E-state index < -0.39 is 5.60 Å². The van der Waals surface area contributed by atoms with Crippen molar-refractivity contribution in [2.75, 3.05) is 19.6 Å². The van der Waals surface area contributed by atoms with Crippen molar-refractivity contribution in [3.63, 3.8) is 0 Å². The lowest BCUT2D eigenvalue weighted by Crippen LogP contribution is -2.57. The minimum atomic E-state index is -0.400. The second kappa shape index (κ2) is 5.66. The standard InChI is InChI=1S/C13H24N2O2.ClH/c1-12(2,3)17-11(16)15-9-5-7-13(15)6-4-8-14-10-13;/h14H,4-10H2,1-3H3;1H. The molecule has 0 aromatic carbocycles. The highest BCUT2D eigenvalue weighted by molar-refractivity contribution is 5.85. The molecule has 0 aromatic heterocycles. The zero-order valence-corrected chi connectivity index (χ0v) is 12.4. The Bertz CT molecular complexity index is 296. The summed E-state index contributed by atoms with van der Waals surface area (Å²) in [6.45, 7) is 8.61. The van der Waals surface area contributed by atoms with Crippen LogP contribution in [-0.4, -0.2) is 41.8 Å². The van der Waals surface area contributed by atoms with Gasteiger partial charge in [-0.1, -0.05) is 0 Å². The number of ether oxygens (including phenoxy) is 1. The smallest absolute Gasteiger partial charge is 0.410 e. The van der Waals surface area contributed by atoms with E-state index in [2.05, 4.69) is 5.32 Å². The Kier molecular flexibility index (Phi) is 4.90. The molecule has 106 valence electrons. The van der Waals surface area contributed by atoms with Gasteiger partial charge >= 0.3 is 6.09 Å². The molecule has 0 radical (unpaired) electrons. The van der Waals surface area contributed by atoms with Gasteiger partial charge in [0.15, 0.2) is 0 Å². The van der Waals surface area contributed by atoms with Crippen LogP contribution in [0.3, 0.4) is 0 Å². The number of hydrogen-bond acceptors (Lipinski definition) is 3. The Morgan fingerprint density at radius 2 is 1.94 bits per heavy atom. The monoisotopic (exact) mass is 276 g/mol. The van der Waals surface area contributed by atoms with Gasteiger partial charge in [-0.3, -0.25) is 0 Å². The number of carbonyl (C=O) groups excluding carboxylic acids is 1. The van der Waals surface area contributed by atoms with Crippen LogP contribution < -0.4 is 5.32 Å². The summed E-state index contributed by atoms with van der Waals surface area (Å²) in [5.41, 5.74) is -0.371. The summed E-state index contributed by atoms with van der Waals surface area (Å²) < 4.78 is 5.51. The molecule has 1 amide bonds.